The lowest BCUT2D eigenvalue weighted by molar-refractivity contribution is 0.0966. The highest BCUT2D eigenvalue weighted by Gasteiger charge is 2.30. The summed E-state index contributed by atoms with van der Waals surface area (Å²) in [5.74, 6) is -0.160. The number of hydrogen-bond donors (Lipinski definition) is 2. The van der Waals surface area contributed by atoms with Crippen molar-refractivity contribution in [1.82, 2.24) is 15.2 Å². The van der Waals surface area contributed by atoms with Crippen LogP contribution in [0.3, 0.4) is 0 Å². The van der Waals surface area contributed by atoms with E-state index in [2.05, 4.69) is 33.4 Å². The number of likely N-dealkylation sites (tertiary alicyclic amines) is 1. The number of aromatic amines is 1. The van der Waals surface area contributed by atoms with Crippen LogP contribution in [-0.4, -0.2) is 37.3 Å². The molecule has 37 heavy (non-hydrogen) atoms. The first-order valence-electron chi connectivity index (χ1n) is 12.4. The van der Waals surface area contributed by atoms with E-state index in [-0.39, 0.29) is 28.1 Å². The van der Waals surface area contributed by atoms with Crippen LogP contribution in [0, 0.1) is 0 Å². The van der Waals surface area contributed by atoms with Gasteiger partial charge in [0.2, 0.25) is 0 Å². The predicted octanol–water partition coefficient (Wildman–Crippen LogP) is 5.49. The zero-order chi connectivity index (χ0) is 25.6. The number of aromatic nitrogens is 1. The fraction of sp³-hybridized carbons (Fsp3) is 0.250. The van der Waals surface area contributed by atoms with Gasteiger partial charge in [0, 0.05) is 40.8 Å². The first-order valence-corrected chi connectivity index (χ1v) is 14.2. The molecule has 3 aromatic carbocycles. The minimum Gasteiger partial charge on any atom is -0.379 e. The van der Waals surface area contributed by atoms with Crippen molar-refractivity contribution >= 4 is 38.5 Å². The van der Waals surface area contributed by atoms with Gasteiger partial charge in [-0.2, -0.15) is 8.42 Å². The number of nitrogens with zero attached hydrogens (tertiary/aromatic N) is 1. The van der Waals surface area contributed by atoms with Gasteiger partial charge in [0.1, 0.15) is 10.6 Å². The van der Waals surface area contributed by atoms with Crippen LogP contribution >= 0.6 is 11.6 Å². The Labute approximate surface area is 220 Å². The molecule has 1 saturated heterocycles. The standard InChI is InChI=1S/C28H26ClN3O4S/c29-22-6-2-3-7-26(22)37(34,35)36-25-11-9-20(27-21(25)16-30-28(27)33)24-15-19-14-18(8-10-23(19)31-24)17-32-12-4-1-5-13-32/h2-3,6-11,14-15,31H,1,4-5,12-13,16-17H2,(H,30,33). The van der Waals surface area contributed by atoms with E-state index in [9.17, 15) is 13.2 Å². The van der Waals surface area contributed by atoms with Gasteiger partial charge in [-0.05, 0) is 74.0 Å². The van der Waals surface area contributed by atoms with E-state index in [0.717, 1.165) is 36.2 Å². The van der Waals surface area contributed by atoms with Crippen LogP contribution < -0.4 is 9.50 Å². The summed E-state index contributed by atoms with van der Waals surface area (Å²) < 4.78 is 31.3. The Balaban J connectivity index is 1.34. The van der Waals surface area contributed by atoms with Crippen LogP contribution in [0.15, 0.2) is 65.6 Å². The number of piperidine rings is 1. The zero-order valence-electron chi connectivity index (χ0n) is 20.1. The number of carbonyl (C=O) groups excluding carboxylic acids is 1. The molecule has 4 aromatic rings. The lowest BCUT2D eigenvalue weighted by atomic mass is 9.99. The summed E-state index contributed by atoms with van der Waals surface area (Å²) in [5.41, 5.74) is 4.64. The highest BCUT2D eigenvalue weighted by atomic mass is 35.5. The molecule has 2 aliphatic rings. The molecule has 6 rings (SSSR count). The van der Waals surface area contributed by atoms with Crippen molar-refractivity contribution in [2.75, 3.05) is 13.1 Å². The zero-order valence-corrected chi connectivity index (χ0v) is 21.7. The lowest BCUT2D eigenvalue weighted by Crippen LogP contribution is -2.28. The Hall–Kier alpha value is -3.33. The Bertz CT molecular complexity index is 1620. The van der Waals surface area contributed by atoms with E-state index in [1.165, 1.54) is 37.0 Å². The summed E-state index contributed by atoms with van der Waals surface area (Å²) in [6.07, 6.45) is 3.82. The number of carbonyl (C=O) groups is 1. The first kappa shape index (κ1) is 24.0. The summed E-state index contributed by atoms with van der Waals surface area (Å²) in [7, 11) is -4.18. The van der Waals surface area contributed by atoms with E-state index in [1.807, 2.05) is 6.07 Å². The second-order valence-corrected chi connectivity index (χ2v) is 11.5. The Morgan fingerprint density at radius 1 is 0.973 bits per heavy atom. The molecule has 0 spiro atoms. The second-order valence-electron chi connectivity index (χ2n) is 9.56. The minimum atomic E-state index is -4.18. The van der Waals surface area contributed by atoms with Crippen LogP contribution in [0.2, 0.25) is 5.02 Å². The van der Waals surface area contributed by atoms with Crippen molar-refractivity contribution in [3.05, 3.63) is 82.4 Å². The fourth-order valence-electron chi connectivity index (χ4n) is 5.23. The molecule has 0 saturated carbocycles. The molecular weight excluding hydrogens is 510 g/mol. The third-order valence-corrected chi connectivity index (χ3v) is 8.79. The van der Waals surface area contributed by atoms with Gasteiger partial charge in [0.15, 0.2) is 0 Å². The van der Waals surface area contributed by atoms with Gasteiger partial charge in [-0.25, -0.2) is 0 Å². The smallest absolute Gasteiger partial charge is 0.340 e. The average Bonchev–Trinajstić information content (AvgIpc) is 3.49. The number of amides is 1. The van der Waals surface area contributed by atoms with Crippen molar-refractivity contribution in [1.29, 1.82) is 0 Å². The highest BCUT2D eigenvalue weighted by Crippen LogP contribution is 2.37. The predicted molar refractivity (Wildman–Crippen MR) is 143 cm³/mol. The molecule has 1 fully saturated rings. The highest BCUT2D eigenvalue weighted by molar-refractivity contribution is 7.87. The Morgan fingerprint density at radius 3 is 2.59 bits per heavy atom. The molecule has 2 aliphatic heterocycles. The van der Waals surface area contributed by atoms with Crippen LogP contribution in [0.1, 0.15) is 40.7 Å². The van der Waals surface area contributed by atoms with E-state index < -0.39 is 10.1 Å². The maximum atomic E-state index is 12.9. The molecule has 1 aromatic heterocycles. The van der Waals surface area contributed by atoms with Gasteiger partial charge in [0.25, 0.3) is 5.91 Å². The summed E-state index contributed by atoms with van der Waals surface area (Å²) in [4.78, 5) is 18.6. The van der Waals surface area contributed by atoms with Crippen LogP contribution in [0.5, 0.6) is 5.75 Å². The van der Waals surface area contributed by atoms with Gasteiger partial charge in [-0.3, -0.25) is 9.69 Å². The summed E-state index contributed by atoms with van der Waals surface area (Å²) in [6.45, 7) is 3.38. The normalized spacial score (nSPS) is 16.1. The number of rotatable bonds is 6. The number of H-pyrrole nitrogens is 1. The number of benzene rings is 3. The Morgan fingerprint density at radius 2 is 1.78 bits per heavy atom. The van der Waals surface area contributed by atoms with Crippen molar-refractivity contribution in [3.63, 3.8) is 0 Å². The molecule has 0 unspecified atom stereocenters. The van der Waals surface area contributed by atoms with Gasteiger partial charge in [-0.1, -0.05) is 36.2 Å². The van der Waals surface area contributed by atoms with Crippen molar-refractivity contribution < 1.29 is 17.4 Å². The molecule has 0 aliphatic carbocycles. The second kappa shape index (κ2) is 9.52. The summed E-state index contributed by atoms with van der Waals surface area (Å²) in [5, 5.41) is 3.94. The molecule has 1 amide bonds. The quantitative estimate of drug-likeness (QED) is 0.319. The summed E-state index contributed by atoms with van der Waals surface area (Å²) in [6, 6.07) is 17.9. The van der Waals surface area contributed by atoms with E-state index in [0.29, 0.717) is 16.7 Å². The topological polar surface area (TPSA) is 91.5 Å². The van der Waals surface area contributed by atoms with Gasteiger partial charge in [-0.15, -0.1) is 0 Å². The molecule has 0 bridgehead atoms. The van der Waals surface area contributed by atoms with E-state index in [1.54, 1.807) is 24.3 Å². The number of nitrogens with one attached hydrogen (secondary N) is 2. The number of hydrogen-bond acceptors (Lipinski definition) is 5. The van der Waals surface area contributed by atoms with Gasteiger partial charge in [0.05, 0.1) is 10.6 Å². The molecule has 7 nitrogen and oxygen atoms in total. The number of halogens is 1. The van der Waals surface area contributed by atoms with Crippen LogP contribution in [-0.2, 0) is 23.2 Å². The molecule has 190 valence electrons. The summed E-state index contributed by atoms with van der Waals surface area (Å²) >= 11 is 6.09. The van der Waals surface area contributed by atoms with Crippen molar-refractivity contribution in [3.8, 4) is 17.0 Å². The Kier molecular flexibility index (Phi) is 6.18. The molecule has 2 N–H and O–H groups in total. The minimum absolute atomic E-state index is 0.0719. The van der Waals surface area contributed by atoms with E-state index >= 15 is 0 Å². The van der Waals surface area contributed by atoms with Crippen molar-refractivity contribution in [2.24, 2.45) is 0 Å². The van der Waals surface area contributed by atoms with Gasteiger partial charge >= 0.3 is 10.1 Å². The maximum Gasteiger partial charge on any atom is 0.340 e. The van der Waals surface area contributed by atoms with Crippen LogP contribution in [0.4, 0.5) is 0 Å². The number of fused-ring (bicyclic) bond motifs is 2. The van der Waals surface area contributed by atoms with Gasteiger partial charge < -0.3 is 14.5 Å². The average molecular weight is 536 g/mol. The van der Waals surface area contributed by atoms with E-state index in [4.69, 9.17) is 15.8 Å². The first-order chi connectivity index (χ1) is 17.9. The third-order valence-electron chi connectivity index (χ3n) is 7.06. The fourth-order valence-corrected chi connectivity index (χ4v) is 6.69. The SMILES string of the molecule is O=C1NCc2c(OS(=O)(=O)c3ccccc3Cl)ccc(-c3cc4cc(CN5CCCCC5)ccc4[nH]3)c21. The lowest BCUT2D eigenvalue weighted by Gasteiger charge is -2.26. The molecular formula is C28H26ClN3O4S. The maximum absolute atomic E-state index is 12.9. The van der Waals surface area contributed by atoms with Crippen molar-refractivity contribution in [2.45, 2.75) is 37.2 Å². The molecule has 0 radical (unpaired) electrons. The third kappa shape index (κ3) is 4.61. The monoisotopic (exact) mass is 535 g/mol. The van der Waals surface area contributed by atoms with Crippen LogP contribution in [0.25, 0.3) is 22.2 Å². The molecule has 9 heteroatoms. The molecule has 0 atom stereocenters. The molecule has 3 heterocycles. The largest absolute Gasteiger partial charge is 0.379 e.